The van der Waals surface area contributed by atoms with E-state index in [1.54, 1.807) is 12.1 Å². The van der Waals surface area contributed by atoms with Crippen LogP contribution in [0.3, 0.4) is 0 Å². The zero-order chi connectivity index (χ0) is 14.6. The second-order valence-corrected chi connectivity index (χ2v) is 7.89. The van der Waals surface area contributed by atoms with E-state index in [2.05, 4.69) is 0 Å². The van der Waals surface area contributed by atoms with Gasteiger partial charge in [0.15, 0.2) is 0 Å². The van der Waals surface area contributed by atoms with Crippen LogP contribution in [0.5, 0.6) is 0 Å². The average molecular weight is 309 g/mol. The third-order valence-electron chi connectivity index (χ3n) is 6.22. The number of halogens is 2. The molecule has 0 spiro atoms. The molecule has 4 fully saturated rings. The van der Waals surface area contributed by atoms with Gasteiger partial charge in [0.25, 0.3) is 0 Å². The number of benzene rings is 1. The van der Waals surface area contributed by atoms with Gasteiger partial charge in [-0.2, -0.15) is 0 Å². The summed E-state index contributed by atoms with van der Waals surface area (Å²) < 4.78 is 13.9. The molecule has 4 bridgehead atoms. The lowest BCUT2D eigenvalue weighted by atomic mass is 9.50. The maximum absolute atomic E-state index is 13.9. The van der Waals surface area contributed by atoms with E-state index in [1.807, 2.05) is 0 Å². The van der Waals surface area contributed by atoms with Gasteiger partial charge in [-0.05, 0) is 73.8 Å². The van der Waals surface area contributed by atoms with Crippen molar-refractivity contribution in [3.8, 4) is 0 Å². The highest BCUT2D eigenvalue weighted by Gasteiger charge is 2.50. The van der Waals surface area contributed by atoms with Crippen molar-refractivity contribution in [2.45, 2.75) is 44.6 Å². The minimum atomic E-state index is -0.450. The van der Waals surface area contributed by atoms with Gasteiger partial charge in [0.2, 0.25) is 0 Å². The molecule has 0 radical (unpaired) electrons. The Bertz CT molecular complexity index is 496. The van der Waals surface area contributed by atoms with Gasteiger partial charge in [0, 0.05) is 17.0 Å². The molecule has 1 nitrogen and oxygen atoms in total. The molecule has 1 unspecified atom stereocenters. The highest BCUT2D eigenvalue weighted by atomic mass is 35.5. The van der Waals surface area contributed by atoms with E-state index in [0.717, 1.165) is 11.8 Å². The van der Waals surface area contributed by atoms with Gasteiger partial charge < -0.3 is 5.11 Å². The normalized spacial score (nSPS) is 38.7. The predicted octanol–water partition coefficient (Wildman–Crippen LogP) is 4.45. The molecule has 1 aromatic carbocycles. The summed E-state index contributed by atoms with van der Waals surface area (Å²) in [6, 6.07) is 4.77. The quantitative estimate of drug-likeness (QED) is 0.874. The van der Waals surface area contributed by atoms with Crippen LogP contribution in [0.25, 0.3) is 0 Å². The van der Waals surface area contributed by atoms with Crippen LogP contribution in [0.1, 0.15) is 37.7 Å². The molecule has 1 aromatic rings. The Balaban J connectivity index is 1.54. The number of aliphatic hydroxyl groups excluding tert-OH is 1. The molecule has 0 aliphatic heterocycles. The molecule has 1 N–H and O–H groups in total. The molecule has 0 aromatic heterocycles. The summed E-state index contributed by atoms with van der Waals surface area (Å²) in [7, 11) is 0. The third-order valence-corrected chi connectivity index (χ3v) is 6.57. The fourth-order valence-corrected chi connectivity index (χ4v) is 5.91. The smallest absolute Gasteiger partial charge is 0.127 e. The van der Waals surface area contributed by atoms with Crippen molar-refractivity contribution in [2.24, 2.45) is 29.6 Å². The number of hydrogen-bond donors (Lipinski definition) is 1. The van der Waals surface area contributed by atoms with E-state index in [0.29, 0.717) is 34.8 Å². The van der Waals surface area contributed by atoms with Crippen LogP contribution in [0.15, 0.2) is 18.2 Å². The first-order valence-electron chi connectivity index (χ1n) is 8.22. The van der Waals surface area contributed by atoms with Crippen molar-refractivity contribution in [3.63, 3.8) is 0 Å². The lowest BCUT2D eigenvalue weighted by Gasteiger charge is -2.55. The zero-order valence-corrected chi connectivity index (χ0v) is 12.9. The largest absolute Gasteiger partial charge is 0.392 e. The Morgan fingerprint density at radius 3 is 2.29 bits per heavy atom. The van der Waals surface area contributed by atoms with Crippen LogP contribution < -0.4 is 0 Å². The first kappa shape index (κ1) is 14.0. The van der Waals surface area contributed by atoms with Crippen molar-refractivity contribution in [1.29, 1.82) is 0 Å². The Hall–Kier alpha value is -0.600. The van der Waals surface area contributed by atoms with Gasteiger partial charge in [-0.1, -0.05) is 17.7 Å². The molecule has 114 valence electrons. The molecular weight excluding hydrogens is 287 g/mol. The van der Waals surface area contributed by atoms with Crippen LogP contribution in [0.4, 0.5) is 4.39 Å². The molecule has 0 heterocycles. The summed E-state index contributed by atoms with van der Waals surface area (Å²) in [6.45, 7) is 0. The molecule has 21 heavy (non-hydrogen) atoms. The Labute approximate surface area is 130 Å². The summed E-state index contributed by atoms with van der Waals surface area (Å²) in [5.41, 5.74) is 0.487. The summed E-state index contributed by atoms with van der Waals surface area (Å²) in [5, 5.41) is 11.2. The number of aliphatic hydroxyl groups is 1. The van der Waals surface area contributed by atoms with Crippen LogP contribution in [-0.4, -0.2) is 11.2 Å². The second-order valence-electron chi connectivity index (χ2n) is 7.48. The van der Waals surface area contributed by atoms with Crippen LogP contribution >= 0.6 is 11.6 Å². The maximum Gasteiger partial charge on any atom is 0.127 e. The Morgan fingerprint density at radius 2 is 1.71 bits per heavy atom. The topological polar surface area (TPSA) is 20.2 Å². The highest BCUT2D eigenvalue weighted by molar-refractivity contribution is 6.31. The van der Waals surface area contributed by atoms with Gasteiger partial charge in [-0.15, -0.1) is 0 Å². The number of hydrogen-bond acceptors (Lipinski definition) is 1. The molecule has 1 atom stereocenters. The second kappa shape index (κ2) is 5.24. The Kier molecular flexibility index (Phi) is 3.50. The zero-order valence-electron chi connectivity index (χ0n) is 12.1. The van der Waals surface area contributed by atoms with E-state index in [1.165, 1.54) is 38.2 Å². The average Bonchev–Trinajstić information content (AvgIpc) is 2.42. The van der Waals surface area contributed by atoms with Crippen molar-refractivity contribution >= 4 is 11.6 Å². The molecule has 4 aliphatic carbocycles. The maximum atomic E-state index is 13.9. The Morgan fingerprint density at radius 1 is 1.10 bits per heavy atom. The monoisotopic (exact) mass is 308 g/mol. The minimum Gasteiger partial charge on any atom is -0.392 e. The minimum absolute atomic E-state index is 0.287. The highest BCUT2D eigenvalue weighted by Crippen LogP contribution is 2.57. The van der Waals surface area contributed by atoms with Gasteiger partial charge in [0.05, 0.1) is 6.10 Å². The number of rotatable bonds is 3. The fraction of sp³-hybridized carbons (Fsp3) is 0.667. The van der Waals surface area contributed by atoms with Crippen molar-refractivity contribution in [1.82, 2.24) is 0 Å². The van der Waals surface area contributed by atoms with Gasteiger partial charge in [-0.3, -0.25) is 0 Å². The van der Waals surface area contributed by atoms with Crippen molar-refractivity contribution in [2.75, 3.05) is 0 Å². The summed E-state index contributed by atoms with van der Waals surface area (Å²) in [4.78, 5) is 0. The van der Waals surface area contributed by atoms with E-state index < -0.39 is 6.10 Å². The SMILES string of the molecule is OC(Cc1c(F)cccc1Cl)C1C2CC3CC(C2)CC1C3. The molecule has 0 saturated heterocycles. The third kappa shape index (κ3) is 2.41. The van der Waals surface area contributed by atoms with E-state index in [9.17, 15) is 9.50 Å². The van der Waals surface area contributed by atoms with Gasteiger partial charge >= 0.3 is 0 Å². The van der Waals surface area contributed by atoms with Gasteiger partial charge in [0.1, 0.15) is 5.82 Å². The molecule has 3 heteroatoms. The van der Waals surface area contributed by atoms with E-state index >= 15 is 0 Å². The lowest BCUT2D eigenvalue weighted by molar-refractivity contribution is -0.0889. The molecule has 5 rings (SSSR count). The first-order valence-corrected chi connectivity index (χ1v) is 8.60. The lowest BCUT2D eigenvalue weighted by Crippen LogP contribution is -2.49. The van der Waals surface area contributed by atoms with Crippen LogP contribution in [0, 0.1) is 35.4 Å². The van der Waals surface area contributed by atoms with Gasteiger partial charge in [-0.25, -0.2) is 4.39 Å². The van der Waals surface area contributed by atoms with Crippen LogP contribution in [0.2, 0.25) is 5.02 Å². The molecule has 4 saturated carbocycles. The van der Waals surface area contributed by atoms with Crippen LogP contribution in [-0.2, 0) is 6.42 Å². The summed E-state index contributed by atoms with van der Waals surface area (Å²) in [5.74, 6) is 3.17. The van der Waals surface area contributed by atoms with E-state index in [4.69, 9.17) is 11.6 Å². The van der Waals surface area contributed by atoms with Crippen molar-refractivity contribution in [3.05, 3.63) is 34.6 Å². The molecule has 4 aliphatic rings. The fourth-order valence-electron chi connectivity index (χ4n) is 5.67. The first-order chi connectivity index (χ1) is 10.1. The molecular formula is C18H22ClFO. The molecule has 0 amide bonds. The predicted molar refractivity (Wildman–Crippen MR) is 81.7 cm³/mol. The van der Waals surface area contributed by atoms with Crippen molar-refractivity contribution < 1.29 is 9.50 Å². The summed E-state index contributed by atoms with van der Waals surface area (Å²) in [6.07, 6.45) is 6.43. The standard InChI is InChI=1S/C18H22ClFO/c19-15-2-1-3-16(20)14(15)9-17(21)18-12-5-10-4-11(7-12)8-13(18)6-10/h1-3,10-13,17-18,21H,4-9H2. The van der Waals surface area contributed by atoms with E-state index in [-0.39, 0.29) is 5.82 Å². The summed E-state index contributed by atoms with van der Waals surface area (Å²) >= 11 is 6.11.